The summed E-state index contributed by atoms with van der Waals surface area (Å²) in [7, 11) is 1.25. The average molecular weight is 425 g/mol. The molecule has 0 bridgehead atoms. The number of nitrogens with zero attached hydrogens (tertiary/aromatic N) is 3. The molecule has 1 aliphatic carbocycles. The van der Waals surface area contributed by atoms with Gasteiger partial charge in [-0.2, -0.15) is 0 Å². The molecule has 164 valence electrons. The number of aromatic nitrogens is 2. The fourth-order valence-electron chi connectivity index (χ4n) is 4.64. The van der Waals surface area contributed by atoms with Gasteiger partial charge in [-0.25, -0.2) is 9.78 Å². The second-order valence-corrected chi connectivity index (χ2v) is 8.65. The van der Waals surface area contributed by atoms with Crippen LogP contribution in [0.25, 0.3) is 0 Å². The zero-order valence-electron chi connectivity index (χ0n) is 18.4. The van der Waals surface area contributed by atoms with Crippen LogP contribution in [0.2, 0.25) is 0 Å². The van der Waals surface area contributed by atoms with Crippen LogP contribution in [0.3, 0.4) is 0 Å². The molecule has 1 atom stereocenters. The minimum Gasteiger partial charge on any atom is -0.464 e. The van der Waals surface area contributed by atoms with Crippen LogP contribution in [0.15, 0.2) is 24.5 Å². The maximum absolute atomic E-state index is 13.8. The van der Waals surface area contributed by atoms with E-state index in [1.165, 1.54) is 18.3 Å². The first-order valence-corrected chi connectivity index (χ1v) is 10.6. The second kappa shape index (κ2) is 7.83. The van der Waals surface area contributed by atoms with Crippen LogP contribution >= 0.6 is 0 Å². The summed E-state index contributed by atoms with van der Waals surface area (Å²) >= 11 is 0. The van der Waals surface area contributed by atoms with Crippen LogP contribution in [0, 0.1) is 13.8 Å². The largest absolute Gasteiger partial charge is 0.464 e. The lowest BCUT2D eigenvalue weighted by molar-refractivity contribution is -0.127. The first-order chi connectivity index (χ1) is 14.8. The van der Waals surface area contributed by atoms with Gasteiger partial charge in [0.2, 0.25) is 5.91 Å². The Balaban J connectivity index is 1.85. The summed E-state index contributed by atoms with van der Waals surface area (Å²) in [5.74, 6) is -1.32. The number of esters is 1. The van der Waals surface area contributed by atoms with E-state index < -0.39 is 17.4 Å². The SMILES string of the molecule is COC(=O)c1ncn2c1C(=O)N(c1cccc(C)c1C)[C@@](C)(C(=O)NC1CCCC1)C2. The minimum absolute atomic E-state index is 0.0407. The van der Waals surface area contributed by atoms with Crippen molar-refractivity contribution in [2.24, 2.45) is 0 Å². The molecule has 0 unspecified atom stereocenters. The van der Waals surface area contributed by atoms with Crippen molar-refractivity contribution in [1.82, 2.24) is 14.9 Å². The molecule has 2 heterocycles. The number of methoxy groups -OCH3 is 1. The van der Waals surface area contributed by atoms with E-state index in [-0.39, 0.29) is 29.9 Å². The van der Waals surface area contributed by atoms with Crippen molar-refractivity contribution in [1.29, 1.82) is 0 Å². The van der Waals surface area contributed by atoms with Crippen LogP contribution in [-0.2, 0) is 16.1 Å². The van der Waals surface area contributed by atoms with Gasteiger partial charge < -0.3 is 14.6 Å². The number of nitrogens with one attached hydrogen (secondary N) is 1. The van der Waals surface area contributed by atoms with Crippen LogP contribution in [0.5, 0.6) is 0 Å². The normalized spacial score (nSPS) is 21.2. The highest BCUT2D eigenvalue weighted by Crippen LogP contribution is 2.36. The number of anilines is 1. The Bertz CT molecular complexity index is 1050. The van der Waals surface area contributed by atoms with E-state index in [9.17, 15) is 14.4 Å². The van der Waals surface area contributed by atoms with E-state index in [2.05, 4.69) is 10.3 Å². The first kappa shape index (κ1) is 21.1. The number of benzene rings is 1. The first-order valence-electron chi connectivity index (χ1n) is 10.6. The summed E-state index contributed by atoms with van der Waals surface area (Å²) in [5, 5.41) is 3.16. The summed E-state index contributed by atoms with van der Waals surface area (Å²) in [4.78, 5) is 45.3. The molecule has 2 aromatic rings. The highest BCUT2D eigenvalue weighted by Gasteiger charge is 2.50. The van der Waals surface area contributed by atoms with Crippen molar-refractivity contribution in [3.05, 3.63) is 47.0 Å². The number of hydrogen-bond acceptors (Lipinski definition) is 5. The molecular weight excluding hydrogens is 396 g/mol. The van der Waals surface area contributed by atoms with E-state index in [0.29, 0.717) is 5.69 Å². The zero-order chi connectivity index (χ0) is 22.3. The monoisotopic (exact) mass is 424 g/mol. The topological polar surface area (TPSA) is 93.5 Å². The van der Waals surface area contributed by atoms with Gasteiger partial charge in [0.25, 0.3) is 5.91 Å². The van der Waals surface area contributed by atoms with Crippen molar-refractivity contribution >= 4 is 23.5 Å². The number of carbonyl (C=O) groups is 3. The Kier molecular flexibility index (Phi) is 5.33. The fourth-order valence-corrected chi connectivity index (χ4v) is 4.64. The molecule has 8 heteroatoms. The maximum atomic E-state index is 13.8. The highest BCUT2D eigenvalue weighted by atomic mass is 16.5. The molecule has 4 rings (SSSR count). The Labute approximate surface area is 181 Å². The third kappa shape index (κ3) is 3.40. The molecule has 0 spiro atoms. The van der Waals surface area contributed by atoms with Gasteiger partial charge in [0.05, 0.1) is 20.0 Å². The third-order valence-corrected chi connectivity index (χ3v) is 6.59. The van der Waals surface area contributed by atoms with Crippen LogP contribution < -0.4 is 10.2 Å². The Morgan fingerprint density at radius 3 is 2.61 bits per heavy atom. The highest BCUT2D eigenvalue weighted by molar-refractivity contribution is 6.15. The molecular formula is C23H28N4O4. The van der Waals surface area contributed by atoms with E-state index in [1.54, 1.807) is 11.5 Å². The van der Waals surface area contributed by atoms with Crippen LogP contribution in [0.1, 0.15) is 64.7 Å². The van der Waals surface area contributed by atoms with E-state index in [1.807, 2.05) is 32.0 Å². The number of rotatable bonds is 4. The molecule has 31 heavy (non-hydrogen) atoms. The smallest absolute Gasteiger partial charge is 0.359 e. The van der Waals surface area contributed by atoms with Gasteiger partial charge in [-0.3, -0.25) is 14.5 Å². The molecule has 1 N–H and O–H groups in total. The number of ether oxygens (including phenoxy) is 1. The molecule has 2 amide bonds. The van der Waals surface area contributed by atoms with Crippen LogP contribution in [0.4, 0.5) is 5.69 Å². The van der Waals surface area contributed by atoms with Gasteiger partial charge in [0.1, 0.15) is 11.2 Å². The Hall–Kier alpha value is -3.16. The van der Waals surface area contributed by atoms with Gasteiger partial charge >= 0.3 is 5.97 Å². The maximum Gasteiger partial charge on any atom is 0.359 e. The molecule has 1 aliphatic heterocycles. The molecule has 1 fully saturated rings. The lowest BCUT2D eigenvalue weighted by Crippen LogP contribution is -2.65. The summed E-state index contributed by atoms with van der Waals surface area (Å²) in [6.45, 7) is 5.86. The van der Waals surface area contributed by atoms with E-state index in [0.717, 1.165) is 36.8 Å². The lowest BCUT2D eigenvalue weighted by atomic mass is 9.91. The van der Waals surface area contributed by atoms with Gasteiger partial charge in [0, 0.05) is 11.7 Å². The number of amides is 2. The summed E-state index contributed by atoms with van der Waals surface area (Å²) < 4.78 is 6.40. The zero-order valence-corrected chi connectivity index (χ0v) is 18.4. The van der Waals surface area contributed by atoms with Crippen molar-refractivity contribution in [2.45, 2.75) is 64.6 Å². The third-order valence-electron chi connectivity index (χ3n) is 6.59. The number of fused-ring (bicyclic) bond motifs is 1. The summed E-state index contributed by atoms with van der Waals surface area (Å²) in [6.07, 6.45) is 5.51. The standard InChI is InChI=1S/C23H28N4O4/c1-14-8-7-11-17(15(14)2)27-20(28)19-18(21(29)31-4)24-13-26(19)12-23(27,3)22(30)25-16-9-5-6-10-16/h7-8,11,13,16H,5-6,9-10,12H2,1-4H3,(H,25,30)/t23-/m1/s1. The Morgan fingerprint density at radius 1 is 1.23 bits per heavy atom. The van der Waals surface area contributed by atoms with Gasteiger partial charge in [-0.05, 0) is 50.8 Å². The lowest BCUT2D eigenvalue weighted by Gasteiger charge is -2.44. The second-order valence-electron chi connectivity index (χ2n) is 8.65. The van der Waals surface area contributed by atoms with Crippen molar-refractivity contribution in [3.63, 3.8) is 0 Å². The van der Waals surface area contributed by atoms with E-state index >= 15 is 0 Å². The molecule has 1 aromatic carbocycles. The number of imidazole rings is 1. The summed E-state index contributed by atoms with van der Waals surface area (Å²) in [5.41, 5.74) is 1.48. The predicted octanol–water partition coefficient (Wildman–Crippen LogP) is 2.76. The molecule has 1 saturated carbocycles. The summed E-state index contributed by atoms with van der Waals surface area (Å²) in [6, 6.07) is 5.79. The van der Waals surface area contributed by atoms with Crippen molar-refractivity contribution in [3.8, 4) is 0 Å². The van der Waals surface area contributed by atoms with Gasteiger partial charge in [0.15, 0.2) is 5.69 Å². The van der Waals surface area contributed by atoms with Crippen molar-refractivity contribution in [2.75, 3.05) is 12.0 Å². The predicted molar refractivity (Wildman–Crippen MR) is 115 cm³/mol. The quantitative estimate of drug-likeness (QED) is 0.762. The van der Waals surface area contributed by atoms with Gasteiger partial charge in [-0.15, -0.1) is 0 Å². The van der Waals surface area contributed by atoms with Crippen LogP contribution in [-0.4, -0.2) is 46.0 Å². The molecule has 1 aromatic heterocycles. The molecule has 0 saturated heterocycles. The average Bonchev–Trinajstić information content (AvgIpc) is 3.40. The minimum atomic E-state index is -1.18. The molecule has 8 nitrogen and oxygen atoms in total. The van der Waals surface area contributed by atoms with Gasteiger partial charge in [-0.1, -0.05) is 25.0 Å². The molecule has 2 aliphatic rings. The number of hydrogen-bond donors (Lipinski definition) is 1. The Morgan fingerprint density at radius 2 is 1.94 bits per heavy atom. The fraction of sp³-hybridized carbons (Fsp3) is 0.478. The number of carbonyl (C=O) groups excluding carboxylic acids is 3. The van der Waals surface area contributed by atoms with Crippen molar-refractivity contribution < 1.29 is 19.1 Å². The van der Waals surface area contributed by atoms with E-state index in [4.69, 9.17) is 4.74 Å². The number of aryl methyl sites for hydroxylation is 1. The molecule has 0 radical (unpaired) electrons.